The summed E-state index contributed by atoms with van der Waals surface area (Å²) in [5.74, 6) is -0.378. The Kier molecular flexibility index (Phi) is 9.39. The van der Waals surface area contributed by atoms with Gasteiger partial charge >= 0.3 is 11.9 Å². The van der Waals surface area contributed by atoms with Crippen LogP contribution in [0.15, 0.2) is 48.1 Å². The van der Waals surface area contributed by atoms with Crippen LogP contribution in [-0.2, 0) is 9.53 Å². The van der Waals surface area contributed by atoms with Gasteiger partial charge in [0.2, 0.25) is 0 Å². The third kappa shape index (κ3) is 7.15. The predicted molar refractivity (Wildman–Crippen MR) is 142 cm³/mol. The van der Waals surface area contributed by atoms with Gasteiger partial charge < -0.3 is 24.8 Å². The second-order valence-electron chi connectivity index (χ2n) is 9.87. The number of phenols is 2. The van der Waals surface area contributed by atoms with Crippen molar-refractivity contribution in [3.05, 3.63) is 70.3 Å². The van der Waals surface area contributed by atoms with E-state index in [1.54, 1.807) is 24.3 Å². The molecule has 2 aromatic rings. The number of aromatic carboxylic acids is 1. The third-order valence-electron chi connectivity index (χ3n) is 7.10. The Bertz CT molecular complexity index is 1190. The Morgan fingerprint density at radius 3 is 2.59 bits per heavy atom. The summed E-state index contributed by atoms with van der Waals surface area (Å²) < 4.78 is 10.4. The summed E-state index contributed by atoms with van der Waals surface area (Å²) in [6.07, 6.45) is 8.61. The lowest BCUT2D eigenvalue weighted by atomic mass is 9.71. The number of methoxy groups -OCH3 is 1. The van der Waals surface area contributed by atoms with E-state index in [1.165, 1.54) is 25.3 Å². The van der Waals surface area contributed by atoms with E-state index in [0.717, 1.165) is 42.4 Å². The van der Waals surface area contributed by atoms with Crippen molar-refractivity contribution in [1.82, 2.24) is 0 Å². The first-order valence-corrected chi connectivity index (χ1v) is 12.6. The number of fused-ring (bicyclic) bond motifs is 1. The minimum absolute atomic E-state index is 0.0303. The SMILES string of the molecule is COc1cc(C=CC(=O)OCC(C)=CCCC(C)C2CCC(C)c3c(O)cc(C(=O)O)cc32)ccc1O. The molecule has 2 aromatic carbocycles. The van der Waals surface area contributed by atoms with Gasteiger partial charge in [-0.15, -0.1) is 0 Å². The highest BCUT2D eigenvalue weighted by atomic mass is 16.5. The van der Waals surface area contributed by atoms with Crippen LogP contribution in [0.25, 0.3) is 6.08 Å². The number of rotatable bonds is 10. The largest absolute Gasteiger partial charge is 0.508 e. The van der Waals surface area contributed by atoms with Crippen molar-refractivity contribution in [2.24, 2.45) is 5.92 Å². The number of benzene rings is 2. The molecule has 198 valence electrons. The highest BCUT2D eigenvalue weighted by Crippen LogP contribution is 2.47. The van der Waals surface area contributed by atoms with Crippen molar-refractivity contribution in [3.8, 4) is 17.2 Å². The second kappa shape index (κ2) is 12.5. The van der Waals surface area contributed by atoms with Crippen LogP contribution >= 0.6 is 0 Å². The molecule has 3 atom stereocenters. The monoisotopic (exact) mass is 508 g/mol. The molecule has 0 aromatic heterocycles. The molecule has 1 aliphatic rings. The Balaban J connectivity index is 1.54. The van der Waals surface area contributed by atoms with Gasteiger partial charge in [-0.05, 0) is 97.4 Å². The molecular weight excluding hydrogens is 472 g/mol. The van der Waals surface area contributed by atoms with Crippen LogP contribution in [0.5, 0.6) is 17.2 Å². The number of phenolic OH excluding ortho intramolecular Hbond substituents is 2. The molecule has 0 radical (unpaired) electrons. The summed E-state index contributed by atoms with van der Waals surface area (Å²) in [6.45, 7) is 6.35. The number of esters is 1. The first-order valence-electron chi connectivity index (χ1n) is 12.6. The molecule has 0 saturated carbocycles. The fourth-order valence-corrected chi connectivity index (χ4v) is 5.00. The molecule has 7 heteroatoms. The fourth-order valence-electron chi connectivity index (χ4n) is 5.00. The lowest BCUT2D eigenvalue weighted by molar-refractivity contribution is -0.136. The van der Waals surface area contributed by atoms with Gasteiger partial charge in [-0.25, -0.2) is 9.59 Å². The maximum Gasteiger partial charge on any atom is 0.335 e. The second-order valence-corrected chi connectivity index (χ2v) is 9.87. The molecule has 7 nitrogen and oxygen atoms in total. The number of allylic oxidation sites excluding steroid dienone is 1. The molecule has 0 spiro atoms. The van der Waals surface area contributed by atoms with Crippen molar-refractivity contribution >= 4 is 18.0 Å². The van der Waals surface area contributed by atoms with Crippen molar-refractivity contribution < 1.29 is 34.4 Å². The van der Waals surface area contributed by atoms with Crippen LogP contribution in [0, 0.1) is 5.92 Å². The van der Waals surface area contributed by atoms with E-state index < -0.39 is 11.9 Å². The summed E-state index contributed by atoms with van der Waals surface area (Å²) in [5, 5.41) is 29.6. The van der Waals surface area contributed by atoms with Crippen LogP contribution in [0.4, 0.5) is 0 Å². The van der Waals surface area contributed by atoms with Crippen LogP contribution in [-0.4, -0.2) is 41.0 Å². The third-order valence-corrected chi connectivity index (χ3v) is 7.10. The quantitative estimate of drug-likeness (QED) is 0.193. The number of carbonyl (C=O) groups is 2. The van der Waals surface area contributed by atoms with Crippen LogP contribution in [0.2, 0.25) is 0 Å². The zero-order valence-electron chi connectivity index (χ0n) is 21.9. The number of ether oxygens (including phenoxy) is 2. The Morgan fingerprint density at radius 2 is 1.89 bits per heavy atom. The van der Waals surface area contributed by atoms with E-state index in [-0.39, 0.29) is 35.5 Å². The first kappa shape index (κ1) is 27.8. The van der Waals surface area contributed by atoms with Crippen molar-refractivity contribution in [1.29, 1.82) is 0 Å². The molecule has 3 N–H and O–H groups in total. The molecule has 0 heterocycles. The van der Waals surface area contributed by atoms with Crippen molar-refractivity contribution in [3.63, 3.8) is 0 Å². The van der Waals surface area contributed by atoms with Crippen molar-refractivity contribution in [2.45, 2.75) is 58.3 Å². The average Bonchev–Trinajstić information content (AvgIpc) is 2.86. The number of hydrogen-bond acceptors (Lipinski definition) is 6. The minimum Gasteiger partial charge on any atom is -0.508 e. The number of carboxylic acid groups (broad SMARTS) is 1. The molecule has 0 aliphatic heterocycles. The lowest BCUT2D eigenvalue weighted by Gasteiger charge is -2.34. The van der Waals surface area contributed by atoms with Crippen LogP contribution in [0.3, 0.4) is 0 Å². The van der Waals surface area contributed by atoms with Gasteiger partial charge in [-0.1, -0.05) is 26.0 Å². The zero-order chi connectivity index (χ0) is 27.1. The molecule has 0 bridgehead atoms. The molecule has 3 rings (SSSR count). The van der Waals surface area contributed by atoms with E-state index in [2.05, 4.69) is 19.9 Å². The smallest absolute Gasteiger partial charge is 0.335 e. The molecule has 37 heavy (non-hydrogen) atoms. The number of aromatic hydroxyl groups is 2. The predicted octanol–water partition coefficient (Wildman–Crippen LogP) is 6.40. The van der Waals surface area contributed by atoms with E-state index in [0.29, 0.717) is 17.2 Å². The van der Waals surface area contributed by atoms with Gasteiger partial charge in [-0.2, -0.15) is 0 Å². The summed E-state index contributed by atoms with van der Waals surface area (Å²) in [4.78, 5) is 23.6. The minimum atomic E-state index is -1.03. The summed E-state index contributed by atoms with van der Waals surface area (Å²) in [6, 6.07) is 7.88. The number of carbonyl (C=O) groups excluding carboxylic acids is 1. The molecule has 1 aliphatic carbocycles. The van der Waals surface area contributed by atoms with Gasteiger partial charge in [0, 0.05) is 11.6 Å². The molecule has 0 amide bonds. The number of carboxylic acids is 1. The van der Waals surface area contributed by atoms with Gasteiger partial charge in [-0.3, -0.25) is 0 Å². The normalized spacial score (nSPS) is 18.3. The fraction of sp³-hybridized carbons (Fsp3) is 0.400. The van der Waals surface area contributed by atoms with Gasteiger partial charge in [0.05, 0.1) is 12.7 Å². The summed E-state index contributed by atoms with van der Waals surface area (Å²) in [5.41, 5.74) is 3.61. The molecule has 0 saturated heterocycles. The average molecular weight is 509 g/mol. The van der Waals surface area contributed by atoms with E-state index in [1.807, 2.05) is 6.92 Å². The molecule has 3 unspecified atom stereocenters. The van der Waals surface area contributed by atoms with E-state index in [4.69, 9.17) is 9.47 Å². The molecule has 0 fully saturated rings. The Morgan fingerprint density at radius 1 is 1.14 bits per heavy atom. The van der Waals surface area contributed by atoms with Gasteiger partial charge in [0.15, 0.2) is 11.5 Å². The van der Waals surface area contributed by atoms with Crippen LogP contribution in [0.1, 0.15) is 85.3 Å². The van der Waals surface area contributed by atoms with Crippen LogP contribution < -0.4 is 4.74 Å². The maximum absolute atomic E-state index is 12.1. The zero-order valence-corrected chi connectivity index (χ0v) is 21.9. The van der Waals surface area contributed by atoms with E-state index in [9.17, 15) is 24.9 Å². The standard InChI is InChI=1S/C30H36O7/c1-18(17-37-28(33)13-10-21-9-12-25(31)27(14-21)36-4)6-5-7-19(2)23-11-8-20(3)29-24(23)15-22(30(34)35)16-26(29)32/h6,9-10,12-16,19-20,23,31-32H,5,7-8,11,17H2,1-4H3,(H,34,35). The molecular formula is C30H36O7. The van der Waals surface area contributed by atoms with Gasteiger partial charge in [0.1, 0.15) is 12.4 Å². The summed E-state index contributed by atoms with van der Waals surface area (Å²) in [7, 11) is 1.46. The highest BCUT2D eigenvalue weighted by Gasteiger charge is 2.31. The number of hydrogen-bond donors (Lipinski definition) is 3. The Labute approximate surface area is 218 Å². The van der Waals surface area contributed by atoms with E-state index >= 15 is 0 Å². The lowest BCUT2D eigenvalue weighted by Crippen LogP contribution is -2.19. The van der Waals surface area contributed by atoms with Gasteiger partial charge in [0.25, 0.3) is 0 Å². The topological polar surface area (TPSA) is 113 Å². The highest BCUT2D eigenvalue weighted by molar-refractivity contribution is 5.89. The summed E-state index contributed by atoms with van der Waals surface area (Å²) >= 11 is 0. The maximum atomic E-state index is 12.1. The van der Waals surface area contributed by atoms with Crippen molar-refractivity contribution in [2.75, 3.05) is 13.7 Å². The Hall–Kier alpha value is -3.74. The first-order chi connectivity index (χ1) is 17.6.